The number of thiophene rings is 1. The monoisotopic (exact) mass is 260 g/mol. The average molecular weight is 261 g/mol. The Morgan fingerprint density at radius 1 is 1.62 bits per heavy atom. The molecule has 1 aromatic rings. The van der Waals surface area contributed by atoms with Crippen molar-refractivity contribution in [3.8, 4) is 0 Å². The van der Waals surface area contributed by atoms with Gasteiger partial charge in [-0.1, -0.05) is 6.07 Å². The zero-order valence-electron chi connectivity index (χ0n) is 9.07. The van der Waals surface area contributed by atoms with Crippen LogP contribution >= 0.6 is 23.7 Å². The zero-order chi connectivity index (χ0) is 10.5. The number of hydrogen-bond donors (Lipinski definition) is 2. The maximum atomic E-state index is 11.6. The number of amides is 1. The minimum atomic E-state index is 0. The lowest BCUT2D eigenvalue weighted by Gasteiger charge is -2.08. The normalized spacial score (nSPS) is 19.1. The fourth-order valence-electron chi connectivity index (χ4n) is 1.85. The molecule has 1 fully saturated rings. The van der Waals surface area contributed by atoms with E-state index in [0.717, 1.165) is 36.9 Å². The highest BCUT2D eigenvalue weighted by Gasteiger charge is 2.14. The van der Waals surface area contributed by atoms with Crippen LogP contribution < -0.4 is 10.6 Å². The van der Waals surface area contributed by atoms with Gasteiger partial charge in [-0.25, -0.2) is 0 Å². The Balaban J connectivity index is 0.00000128. The van der Waals surface area contributed by atoms with E-state index in [0.29, 0.717) is 0 Å². The van der Waals surface area contributed by atoms with E-state index < -0.39 is 0 Å². The zero-order valence-corrected chi connectivity index (χ0v) is 10.7. The summed E-state index contributed by atoms with van der Waals surface area (Å²) in [6.07, 6.45) is 2.33. The van der Waals surface area contributed by atoms with Crippen LogP contribution in [0.2, 0.25) is 0 Å². The predicted molar refractivity (Wildman–Crippen MR) is 69.5 cm³/mol. The van der Waals surface area contributed by atoms with Gasteiger partial charge in [0.15, 0.2) is 0 Å². The summed E-state index contributed by atoms with van der Waals surface area (Å²) in [6.45, 7) is 3.03. The minimum absolute atomic E-state index is 0. The van der Waals surface area contributed by atoms with Crippen molar-refractivity contribution in [3.05, 3.63) is 22.4 Å². The summed E-state index contributed by atoms with van der Waals surface area (Å²) in [4.78, 5) is 12.4. The van der Waals surface area contributed by atoms with Crippen molar-refractivity contribution < 1.29 is 4.79 Å². The summed E-state index contributed by atoms with van der Waals surface area (Å²) < 4.78 is 0. The highest BCUT2D eigenvalue weighted by Crippen LogP contribution is 2.11. The second kappa shape index (κ2) is 6.89. The van der Waals surface area contributed by atoms with Gasteiger partial charge in [-0.2, -0.15) is 0 Å². The Labute approximate surface area is 106 Å². The molecule has 0 spiro atoms. The first-order chi connectivity index (χ1) is 7.36. The molecule has 90 valence electrons. The number of carbonyl (C=O) groups is 1. The van der Waals surface area contributed by atoms with E-state index in [9.17, 15) is 4.79 Å². The van der Waals surface area contributed by atoms with Crippen LogP contribution in [0.3, 0.4) is 0 Å². The van der Waals surface area contributed by atoms with E-state index >= 15 is 0 Å². The fourth-order valence-corrected chi connectivity index (χ4v) is 2.49. The molecule has 0 aromatic carbocycles. The van der Waals surface area contributed by atoms with Gasteiger partial charge in [0.05, 0.1) is 4.88 Å². The van der Waals surface area contributed by atoms with E-state index in [1.165, 1.54) is 17.8 Å². The number of rotatable bonds is 4. The second-order valence-electron chi connectivity index (χ2n) is 3.88. The molecule has 0 aliphatic carbocycles. The Morgan fingerprint density at radius 3 is 3.12 bits per heavy atom. The molecule has 3 nitrogen and oxygen atoms in total. The largest absolute Gasteiger partial charge is 0.351 e. The fraction of sp³-hybridized carbons (Fsp3) is 0.545. The summed E-state index contributed by atoms with van der Waals surface area (Å²) in [5, 5.41) is 8.21. The first-order valence-corrected chi connectivity index (χ1v) is 6.26. The van der Waals surface area contributed by atoms with Crippen LogP contribution in [0.1, 0.15) is 22.5 Å². The Kier molecular flexibility index (Phi) is 5.80. The van der Waals surface area contributed by atoms with E-state index in [1.54, 1.807) is 0 Å². The molecule has 2 rings (SSSR count). The summed E-state index contributed by atoms with van der Waals surface area (Å²) in [6, 6.07) is 3.76. The summed E-state index contributed by atoms with van der Waals surface area (Å²) in [5.74, 6) is 0.810. The van der Waals surface area contributed by atoms with Crippen LogP contribution in [0.15, 0.2) is 17.5 Å². The second-order valence-corrected chi connectivity index (χ2v) is 4.83. The quantitative estimate of drug-likeness (QED) is 0.868. The van der Waals surface area contributed by atoms with Crippen LogP contribution in [0.4, 0.5) is 0 Å². The highest BCUT2D eigenvalue weighted by molar-refractivity contribution is 7.12. The highest BCUT2D eigenvalue weighted by atomic mass is 35.5. The van der Waals surface area contributed by atoms with E-state index in [-0.39, 0.29) is 18.3 Å². The SMILES string of the molecule is Cl.O=C(NCCC1CCNC1)c1cccs1. The van der Waals surface area contributed by atoms with Crippen LogP contribution in [-0.4, -0.2) is 25.5 Å². The predicted octanol–water partition coefficient (Wildman–Crippen LogP) is 1.90. The van der Waals surface area contributed by atoms with Gasteiger partial charge in [-0.05, 0) is 43.3 Å². The molecule has 1 aromatic heterocycles. The van der Waals surface area contributed by atoms with Crippen LogP contribution in [0, 0.1) is 5.92 Å². The topological polar surface area (TPSA) is 41.1 Å². The van der Waals surface area contributed by atoms with E-state index in [4.69, 9.17) is 0 Å². The van der Waals surface area contributed by atoms with Crippen molar-refractivity contribution in [3.63, 3.8) is 0 Å². The number of hydrogen-bond acceptors (Lipinski definition) is 3. The lowest BCUT2D eigenvalue weighted by molar-refractivity contribution is 0.0955. The standard InChI is InChI=1S/C11H16N2OS.ClH/c14-11(10-2-1-7-15-10)13-6-4-9-3-5-12-8-9;/h1-2,7,9,12H,3-6,8H2,(H,13,14);1H. The molecule has 2 heterocycles. The van der Waals surface area contributed by atoms with Crippen molar-refractivity contribution in [2.45, 2.75) is 12.8 Å². The molecule has 1 saturated heterocycles. The molecular weight excluding hydrogens is 244 g/mol. The molecule has 0 radical (unpaired) electrons. The first kappa shape index (κ1) is 13.5. The molecule has 1 amide bonds. The smallest absolute Gasteiger partial charge is 0.261 e. The van der Waals surface area contributed by atoms with Crippen LogP contribution in [-0.2, 0) is 0 Å². The lowest BCUT2D eigenvalue weighted by atomic mass is 10.1. The van der Waals surface area contributed by atoms with Gasteiger partial charge in [-0.15, -0.1) is 23.7 Å². The number of nitrogens with one attached hydrogen (secondary N) is 2. The molecule has 5 heteroatoms. The van der Waals surface area contributed by atoms with Gasteiger partial charge in [0.25, 0.3) is 5.91 Å². The number of carbonyl (C=O) groups excluding carboxylic acids is 1. The third-order valence-electron chi connectivity index (χ3n) is 2.75. The van der Waals surface area contributed by atoms with E-state index in [2.05, 4.69) is 10.6 Å². The van der Waals surface area contributed by atoms with E-state index in [1.807, 2.05) is 17.5 Å². The molecule has 0 bridgehead atoms. The van der Waals surface area contributed by atoms with Crippen molar-refractivity contribution in [2.24, 2.45) is 5.92 Å². The van der Waals surface area contributed by atoms with Crippen molar-refractivity contribution >= 4 is 29.7 Å². The maximum Gasteiger partial charge on any atom is 0.261 e. The molecular formula is C11H17ClN2OS. The van der Waals surface area contributed by atoms with Gasteiger partial charge in [0, 0.05) is 6.54 Å². The lowest BCUT2D eigenvalue weighted by Crippen LogP contribution is -2.25. The molecule has 0 saturated carbocycles. The third kappa shape index (κ3) is 3.77. The van der Waals surface area contributed by atoms with Gasteiger partial charge in [0.1, 0.15) is 0 Å². The molecule has 1 atom stereocenters. The molecule has 1 unspecified atom stereocenters. The summed E-state index contributed by atoms with van der Waals surface area (Å²) >= 11 is 1.49. The third-order valence-corrected chi connectivity index (χ3v) is 3.61. The van der Waals surface area contributed by atoms with Gasteiger partial charge in [0.2, 0.25) is 0 Å². The van der Waals surface area contributed by atoms with Crippen molar-refractivity contribution in [1.82, 2.24) is 10.6 Å². The average Bonchev–Trinajstić information content (AvgIpc) is 2.90. The Hall–Kier alpha value is -0.580. The number of halogens is 1. The molecule has 16 heavy (non-hydrogen) atoms. The Morgan fingerprint density at radius 2 is 2.50 bits per heavy atom. The molecule has 1 aliphatic heterocycles. The maximum absolute atomic E-state index is 11.6. The van der Waals surface area contributed by atoms with Crippen molar-refractivity contribution in [2.75, 3.05) is 19.6 Å². The van der Waals surface area contributed by atoms with Gasteiger partial charge >= 0.3 is 0 Å². The summed E-state index contributed by atoms with van der Waals surface area (Å²) in [7, 11) is 0. The first-order valence-electron chi connectivity index (χ1n) is 5.38. The summed E-state index contributed by atoms with van der Waals surface area (Å²) in [5.41, 5.74) is 0. The molecule has 1 aliphatic rings. The Bertz CT molecular complexity index is 310. The van der Waals surface area contributed by atoms with Crippen molar-refractivity contribution in [1.29, 1.82) is 0 Å². The van der Waals surface area contributed by atoms with Crippen LogP contribution in [0.5, 0.6) is 0 Å². The molecule has 2 N–H and O–H groups in total. The minimum Gasteiger partial charge on any atom is -0.351 e. The van der Waals surface area contributed by atoms with Gasteiger partial charge in [-0.3, -0.25) is 4.79 Å². The van der Waals surface area contributed by atoms with Gasteiger partial charge < -0.3 is 10.6 Å². The van der Waals surface area contributed by atoms with Crippen LogP contribution in [0.25, 0.3) is 0 Å².